The molecule has 146 valence electrons. The monoisotopic (exact) mass is 400 g/mol. The first kappa shape index (κ1) is 18.5. The molecule has 0 bridgehead atoms. The van der Waals surface area contributed by atoms with Gasteiger partial charge in [0.2, 0.25) is 0 Å². The number of amides is 1. The first-order chi connectivity index (χ1) is 13.6. The van der Waals surface area contributed by atoms with Gasteiger partial charge < -0.3 is 9.88 Å². The molecule has 3 aromatic rings. The van der Waals surface area contributed by atoms with Crippen molar-refractivity contribution in [1.82, 2.24) is 29.9 Å². The van der Waals surface area contributed by atoms with E-state index in [9.17, 15) is 9.18 Å². The van der Waals surface area contributed by atoms with Crippen molar-refractivity contribution in [3.63, 3.8) is 0 Å². The van der Waals surface area contributed by atoms with Crippen LogP contribution in [-0.2, 0) is 12.8 Å². The molecule has 2 aromatic heterocycles. The van der Waals surface area contributed by atoms with E-state index in [1.165, 1.54) is 12.1 Å². The van der Waals surface area contributed by atoms with E-state index in [-0.39, 0.29) is 11.7 Å². The molecule has 1 aromatic carbocycles. The Morgan fingerprint density at radius 2 is 2.11 bits per heavy atom. The van der Waals surface area contributed by atoms with Gasteiger partial charge in [0.15, 0.2) is 4.77 Å². The second-order valence-electron chi connectivity index (χ2n) is 6.80. The molecule has 0 aliphatic heterocycles. The summed E-state index contributed by atoms with van der Waals surface area (Å²) in [4.78, 5) is 12.7. The smallest absolute Gasteiger partial charge is 0.254 e. The van der Waals surface area contributed by atoms with Crippen molar-refractivity contribution in [3.8, 4) is 5.69 Å². The minimum Gasteiger partial charge on any atom is -0.351 e. The fourth-order valence-corrected chi connectivity index (χ4v) is 3.61. The molecule has 1 amide bonds. The van der Waals surface area contributed by atoms with Gasteiger partial charge in [0.25, 0.3) is 5.91 Å². The summed E-state index contributed by atoms with van der Waals surface area (Å²) >= 11 is 5.28. The summed E-state index contributed by atoms with van der Waals surface area (Å²) in [6.07, 6.45) is 5.02. The molecule has 7 nitrogen and oxygen atoms in total. The zero-order valence-corrected chi connectivity index (χ0v) is 16.3. The zero-order chi connectivity index (χ0) is 19.7. The Morgan fingerprint density at radius 3 is 2.79 bits per heavy atom. The molecule has 4 rings (SSSR count). The SMILES string of the molecule is CCc1c(C(=O)NCCc2n[nH]c(=S)n2C2CC2)cnn1-c1ccc(F)cc1. The number of nitrogens with zero attached hydrogens (tertiary/aromatic N) is 4. The van der Waals surface area contributed by atoms with E-state index >= 15 is 0 Å². The number of carbonyl (C=O) groups is 1. The Balaban J connectivity index is 1.45. The lowest BCUT2D eigenvalue weighted by Crippen LogP contribution is -2.27. The Morgan fingerprint density at radius 1 is 1.36 bits per heavy atom. The highest BCUT2D eigenvalue weighted by Gasteiger charge is 2.27. The molecule has 1 aliphatic carbocycles. The predicted molar refractivity (Wildman–Crippen MR) is 105 cm³/mol. The minimum atomic E-state index is -0.309. The average Bonchev–Trinajstić information content (AvgIpc) is 3.32. The first-order valence-corrected chi connectivity index (χ1v) is 9.76. The van der Waals surface area contributed by atoms with Crippen LogP contribution >= 0.6 is 12.2 Å². The van der Waals surface area contributed by atoms with Crippen molar-refractivity contribution >= 4 is 18.1 Å². The number of rotatable bonds is 7. The lowest BCUT2D eigenvalue weighted by Gasteiger charge is -2.09. The van der Waals surface area contributed by atoms with E-state index in [1.807, 2.05) is 11.5 Å². The maximum Gasteiger partial charge on any atom is 0.254 e. The molecule has 1 aliphatic rings. The number of aromatic amines is 1. The second kappa shape index (κ2) is 7.67. The Labute approximate surface area is 166 Å². The number of benzene rings is 1. The number of H-pyrrole nitrogens is 1. The van der Waals surface area contributed by atoms with Gasteiger partial charge in [0, 0.05) is 19.0 Å². The van der Waals surface area contributed by atoms with Gasteiger partial charge in [-0.3, -0.25) is 9.89 Å². The third-order valence-corrected chi connectivity index (χ3v) is 5.13. The van der Waals surface area contributed by atoms with Gasteiger partial charge in [0.1, 0.15) is 11.6 Å². The van der Waals surface area contributed by atoms with E-state index in [1.54, 1.807) is 23.0 Å². The molecule has 0 spiro atoms. The van der Waals surface area contributed by atoms with Crippen molar-refractivity contribution in [3.05, 3.63) is 58.1 Å². The molecule has 28 heavy (non-hydrogen) atoms. The fraction of sp³-hybridized carbons (Fsp3) is 0.368. The highest BCUT2D eigenvalue weighted by Crippen LogP contribution is 2.35. The third kappa shape index (κ3) is 3.62. The van der Waals surface area contributed by atoms with Crippen LogP contribution < -0.4 is 5.32 Å². The molecular formula is C19H21FN6OS. The molecule has 1 fully saturated rings. The molecule has 2 heterocycles. The van der Waals surface area contributed by atoms with Gasteiger partial charge in [-0.1, -0.05) is 6.92 Å². The van der Waals surface area contributed by atoms with Gasteiger partial charge in [-0.2, -0.15) is 10.2 Å². The van der Waals surface area contributed by atoms with Crippen LogP contribution in [0.5, 0.6) is 0 Å². The van der Waals surface area contributed by atoms with Crippen LogP contribution in [0.1, 0.15) is 47.7 Å². The average molecular weight is 400 g/mol. The maximum absolute atomic E-state index is 13.2. The van der Waals surface area contributed by atoms with Crippen LogP contribution in [0.15, 0.2) is 30.5 Å². The third-order valence-electron chi connectivity index (χ3n) is 4.84. The summed E-state index contributed by atoms with van der Waals surface area (Å²) in [6, 6.07) is 6.48. The Bertz CT molecular complexity index is 1050. The number of halogens is 1. The van der Waals surface area contributed by atoms with Crippen LogP contribution in [0, 0.1) is 10.6 Å². The zero-order valence-electron chi connectivity index (χ0n) is 15.5. The molecule has 0 saturated heterocycles. The first-order valence-electron chi connectivity index (χ1n) is 9.35. The molecular weight excluding hydrogens is 379 g/mol. The molecule has 1 saturated carbocycles. The normalized spacial score (nSPS) is 13.6. The van der Waals surface area contributed by atoms with Crippen LogP contribution in [-0.4, -0.2) is 37.0 Å². The van der Waals surface area contributed by atoms with Gasteiger partial charge in [-0.15, -0.1) is 0 Å². The lowest BCUT2D eigenvalue weighted by molar-refractivity contribution is 0.0953. The van der Waals surface area contributed by atoms with E-state index in [0.717, 1.165) is 30.0 Å². The molecule has 2 N–H and O–H groups in total. The fourth-order valence-electron chi connectivity index (χ4n) is 3.31. The molecule has 0 unspecified atom stereocenters. The quantitative estimate of drug-likeness (QED) is 0.597. The van der Waals surface area contributed by atoms with Crippen molar-refractivity contribution in [1.29, 1.82) is 0 Å². The molecule has 0 radical (unpaired) electrons. The van der Waals surface area contributed by atoms with Crippen LogP contribution in [0.2, 0.25) is 0 Å². The van der Waals surface area contributed by atoms with Gasteiger partial charge in [0.05, 0.1) is 23.1 Å². The second-order valence-corrected chi connectivity index (χ2v) is 7.19. The lowest BCUT2D eigenvalue weighted by atomic mass is 10.2. The van der Waals surface area contributed by atoms with Crippen LogP contribution in [0.3, 0.4) is 0 Å². The summed E-state index contributed by atoms with van der Waals surface area (Å²) in [5, 5.41) is 14.4. The number of aromatic nitrogens is 5. The van der Waals surface area contributed by atoms with Crippen molar-refractivity contribution in [2.45, 2.75) is 38.6 Å². The van der Waals surface area contributed by atoms with E-state index in [4.69, 9.17) is 12.2 Å². The summed E-state index contributed by atoms with van der Waals surface area (Å²) in [6.45, 7) is 2.41. The maximum atomic E-state index is 13.2. The summed E-state index contributed by atoms with van der Waals surface area (Å²) < 4.78 is 17.5. The summed E-state index contributed by atoms with van der Waals surface area (Å²) in [7, 11) is 0. The topological polar surface area (TPSA) is 80.5 Å². The van der Waals surface area contributed by atoms with Crippen molar-refractivity contribution < 1.29 is 9.18 Å². The van der Waals surface area contributed by atoms with E-state index in [0.29, 0.717) is 35.8 Å². The number of hydrogen-bond donors (Lipinski definition) is 2. The van der Waals surface area contributed by atoms with Crippen molar-refractivity contribution in [2.24, 2.45) is 0 Å². The predicted octanol–water partition coefficient (Wildman–Crippen LogP) is 3.14. The van der Waals surface area contributed by atoms with Crippen LogP contribution in [0.25, 0.3) is 5.69 Å². The largest absolute Gasteiger partial charge is 0.351 e. The standard InChI is InChI=1S/C19H21FN6OS/c1-2-16-15(11-22-26(16)14-5-3-12(20)4-6-14)18(27)21-10-9-17-23-24-19(28)25(17)13-7-8-13/h3-6,11,13H,2,7-10H2,1H3,(H,21,27)(H,24,28). The molecule has 0 atom stereocenters. The summed E-state index contributed by atoms with van der Waals surface area (Å²) in [5.41, 5.74) is 2.02. The van der Waals surface area contributed by atoms with Crippen molar-refractivity contribution in [2.75, 3.05) is 6.54 Å². The minimum absolute atomic E-state index is 0.183. The van der Waals surface area contributed by atoms with E-state index < -0.39 is 0 Å². The van der Waals surface area contributed by atoms with Gasteiger partial charge in [-0.05, 0) is 55.7 Å². The summed E-state index contributed by atoms with van der Waals surface area (Å²) in [5.74, 6) is 0.374. The number of nitrogens with one attached hydrogen (secondary N) is 2. The number of carbonyl (C=O) groups excluding carboxylic acids is 1. The highest BCUT2D eigenvalue weighted by molar-refractivity contribution is 7.71. The number of hydrogen-bond acceptors (Lipinski definition) is 4. The van der Waals surface area contributed by atoms with E-state index in [2.05, 4.69) is 20.6 Å². The Hall–Kier alpha value is -2.81. The van der Waals surface area contributed by atoms with Gasteiger partial charge >= 0.3 is 0 Å². The van der Waals surface area contributed by atoms with Crippen LogP contribution in [0.4, 0.5) is 4.39 Å². The highest BCUT2D eigenvalue weighted by atomic mass is 32.1. The van der Waals surface area contributed by atoms with Gasteiger partial charge in [-0.25, -0.2) is 9.07 Å². The molecule has 9 heteroatoms. The Kier molecular flexibility index (Phi) is 5.08.